The van der Waals surface area contributed by atoms with E-state index in [1.165, 1.54) is 7.11 Å². The molecule has 0 aromatic heterocycles. The van der Waals surface area contributed by atoms with Crippen LogP contribution in [0.3, 0.4) is 0 Å². The first kappa shape index (κ1) is 18.5. The number of rotatable bonds is 4. The molecule has 7 heteroatoms. The van der Waals surface area contributed by atoms with Gasteiger partial charge in [0.15, 0.2) is 0 Å². The van der Waals surface area contributed by atoms with Crippen molar-refractivity contribution >= 4 is 24.9 Å². The van der Waals surface area contributed by atoms with E-state index in [1.807, 2.05) is 33.8 Å². The molecule has 1 aromatic carbocycles. The van der Waals surface area contributed by atoms with E-state index in [2.05, 4.69) is 0 Å². The van der Waals surface area contributed by atoms with Crippen LogP contribution >= 0.6 is 0 Å². The molecular formula is C17H25BN2O4. The average Bonchev–Trinajstić information content (AvgIpc) is 2.73. The van der Waals surface area contributed by atoms with Gasteiger partial charge in [0.05, 0.1) is 23.9 Å². The summed E-state index contributed by atoms with van der Waals surface area (Å²) < 4.78 is 16.8. The quantitative estimate of drug-likeness (QED) is 0.497. The third-order valence-corrected chi connectivity index (χ3v) is 4.64. The Kier molecular flexibility index (Phi) is 5.08. The SMILES string of the molecule is COC(=O)c1ccc(N)c(C=C(CN)B2OC(C)(C)C(C)(C)O2)c1. The number of carbonyl (C=O) groups excluding carboxylic acids is 1. The number of hydrogen-bond donors (Lipinski definition) is 2. The van der Waals surface area contributed by atoms with E-state index in [9.17, 15) is 4.79 Å². The van der Waals surface area contributed by atoms with Crippen LogP contribution < -0.4 is 11.5 Å². The van der Waals surface area contributed by atoms with Crippen LogP contribution in [0.25, 0.3) is 6.08 Å². The Balaban J connectivity index is 2.37. The summed E-state index contributed by atoms with van der Waals surface area (Å²) in [5.41, 5.74) is 13.4. The maximum atomic E-state index is 11.7. The smallest absolute Gasteiger partial charge is 0.465 e. The predicted octanol–water partition coefficient (Wildman–Crippen LogP) is 2.03. The van der Waals surface area contributed by atoms with Crippen molar-refractivity contribution in [1.29, 1.82) is 0 Å². The van der Waals surface area contributed by atoms with Crippen LogP contribution in [0.1, 0.15) is 43.6 Å². The number of nitrogens with two attached hydrogens (primary N) is 2. The molecule has 0 unspecified atom stereocenters. The summed E-state index contributed by atoms with van der Waals surface area (Å²) in [6.45, 7) is 8.17. The van der Waals surface area contributed by atoms with Gasteiger partial charge in [-0.25, -0.2) is 4.79 Å². The lowest BCUT2D eigenvalue weighted by molar-refractivity contribution is 0.00578. The van der Waals surface area contributed by atoms with E-state index in [0.29, 0.717) is 16.8 Å². The van der Waals surface area contributed by atoms with E-state index < -0.39 is 24.3 Å². The Morgan fingerprint density at radius 2 is 1.83 bits per heavy atom. The first-order valence-electron chi connectivity index (χ1n) is 7.85. The number of anilines is 1. The Morgan fingerprint density at radius 3 is 2.33 bits per heavy atom. The largest absolute Gasteiger partial charge is 0.491 e. The lowest BCUT2D eigenvalue weighted by atomic mass is 9.77. The van der Waals surface area contributed by atoms with Crippen LogP contribution in [0.5, 0.6) is 0 Å². The Labute approximate surface area is 143 Å². The van der Waals surface area contributed by atoms with Gasteiger partial charge in [-0.05, 0) is 56.9 Å². The molecule has 0 saturated carbocycles. The highest BCUT2D eigenvalue weighted by Gasteiger charge is 2.52. The maximum Gasteiger partial charge on any atom is 0.491 e. The molecule has 1 aliphatic heterocycles. The van der Waals surface area contributed by atoms with Crippen molar-refractivity contribution < 1.29 is 18.8 Å². The van der Waals surface area contributed by atoms with Gasteiger partial charge in [-0.15, -0.1) is 0 Å². The van der Waals surface area contributed by atoms with E-state index in [0.717, 1.165) is 5.47 Å². The summed E-state index contributed by atoms with van der Waals surface area (Å²) in [5.74, 6) is -0.422. The molecule has 0 radical (unpaired) electrons. The molecule has 1 saturated heterocycles. The normalized spacial score (nSPS) is 19.4. The van der Waals surface area contributed by atoms with Crippen molar-refractivity contribution in [2.75, 3.05) is 19.4 Å². The molecule has 0 aliphatic carbocycles. The fraction of sp³-hybridized carbons (Fsp3) is 0.471. The lowest BCUT2D eigenvalue weighted by Gasteiger charge is -2.32. The second-order valence-corrected chi connectivity index (χ2v) is 6.85. The summed E-state index contributed by atoms with van der Waals surface area (Å²) in [6.07, 6.45) is 1.81. The zero-order valence-corrected chi connectivity index (χ0v) is 14.9. The van der Waals surface area contributed by atoms with Gasteiger partial charge in [-0.2, -0.15) is 0 Å². The molecule has 0 atom stereocenters. The molecule has 1 aromatic rings. The highest BCUT2D eigenvalue weighted by molar-refractivity contribution is 6.56. The second kappa shape index (κ2) is 6.59. The second-order valence-electron chi connectivity index (χ2n) is 6.85. The third kappa shape index (κ3) is 3.48. The number of carbonyl (C=O) groups is 1. The van der Waals surface area contributed by atoms with Gasteiger partial charge in [-0.3, -0.25) is 0 Å². The fourth-order valence-electron chi connectivity index (χ4n) is 2.36. The molecule has 130 valence electrons. The first-order chi connectivity index (χ1) is 11.1. The minimum absolute atomic E-state index is 0.249. The van der Waals surface area contributed by atoms with Crippen LogP contribution in [0.4, 0.5) is 5.69 Å². The molecule has 0 spiro atoms. The Hall–Kier alpha value is -1.83. The molecule has 1 fully saturated rings. The number of nitrogen functional groups attached to an aromatic ring is 1. The predicted molar refractivity (Wildman–Crippen MR) is 95.3 cm³/mol. The summed E-state index contributed by atoms with van der Waals surface area (Å²) in [6, 6.07) is 4.95. The number of benzene rings is 1. The van der Waals surface area contributed by atoms with Crippen molar-refractivity contribution in [2.24, 2.45) is 5.73 Å². The molecular weight excluding hydrogens is 307 g/mol. The van der Waals surface area contributed by atoms with Crippen molar-refractivity contribution in [2.45, 2.75) is 38.9 Å². The Bertz CT molecular complexity index is 655. The number of esters is 1. The minimum atomic E-state index is -0.554. The van der Waals surface area contributed by atoms with Crippen LogP contribution in [0, 0.1) is 0 Å². The number of methoxy groups -OCH3 is 1. The van der Waals surface area contributed by atoms with Gasteiger partial charge in [0.1, 0.15) is 0 Å². The van der Waals surface area contributed by atoms with Crippen LogP contribution in [-0.4, -0.2) is 37.9 Å². The van der Waals surface area contributed by atoms with Crippen LogP contribution in [0.2, 0.25) is 0 Å². The minimum Gasteiger partial charge on any atom is -0.465 e. The van der Waals surface area contributed by atoms with Crippen molar-refractivity contribution in [3.8, 4) is 0 Å². The van der Waals surface area contributed by atoms with Gasteiger partial charge < -0.3 is 25.5 Å². The van der Waals surface area contributed by atoms with Gasteiger partial charge in [0.25, 0.3) is 0 Å². The number of hydrogen-bond acceptors (Lipinski definition) is 6. The molecule has 0 amide bonds. The van der Waals surface area contributed by atoms with Crippen molar-refractivity contribution in [3.63, 3.8) is 0 Å². The molecule has 4 N–H and O–H groups in total. The number of ether oxygens (including phenoxy) is 1. The van der Waals surface area contributed by atoms with Crippen LogP contribution in [0.15, 0.2) is 23.7 Å². The highest BCUT2D eigenvalue weighted by Crippen LogP contribution is 2.38. The fourth-order valence-corrected chi connectivity index (χ4v) is 2.36. The summed E-state index contributed by atoms with van der Waals surface area (Å²) in [7, 11) is 0.783. The average molecular weight is 332 g/mol. The zero-order valence-electron chi connectivity index (χ0n) is 14.9. The summed E-state index contributed by atoms with van der Waals surface area (Å²) >= 11 is 0. The molecule has 6 nitrogen and oxygen atoms in total. The van der Waals surface area contributed by atoms with Gasteiger partial charge in [0, 0.05) is 12.2 Å². The summed E-state index contributed by atoms with van der Waals surface area (Å²) in [5, 5.41) is 0. The third-order valence-electron chi connectivity index (χ3n) is 4.64. The van der Waals surface area contributed by atoms with E-state index >= 15 is 0 Å². The van der Waals surface area contributed by atoms with Crippen molar-refractivity contribution in [1.82, 2.24) is 0 Å². The van der Waals surface area contributed by atoms with E-state index in [-0.39, 0.29) is 6.54 Å². The highest BCUT2D eigenvalue weighted by atomic mass is 16.7. The monoisotopic (exact) mass is 332 g/mol. The zero-order chi connectivity index (χ0) is 18.1. The van der Waals surface area contributed by atoms with E-state index in [4.69, 9.17) is 25.5 Å². The lowest BCUT2D eigenvalue weighted by Crippen LogP contribution is -2.41. The molecule has 0 bridgehead atoms. The summed E-state index contributed by atoms with van der Waals surface area (Å²) in [4.78, 5) is 11.7. The standard InChI is InChI=1S/C17H25BN2O4/c1-16(2)17(3,4)24-18(23-16)13(10-19)9-12-8-11(15(21)22-5)6-7-14(12)20/h6-9H,10,19-20H2,1-5H3. The maximum absolute atomic E-state index is 11.7. The molecule has 2 rings (SSSR count). The van der Waals surface area contributed by atoms with Crippen molar-refractivity contribution in [3.05, 3.63) is 34.8 Å². The van der Waals surface area contributed by atoms with Gasteiger partial charge >= 0.3 is 13.1 Å². The molecule has 1 heterocycles. The first-order valence-corrected chi connectivity index (χ1v) is 7.85. The van der Waals surface area contributed by atoms with E-state index in [1.54, 1.807) is 18.2 Å². The molecule has 24 heavy (non-hydrogen) atoms. The Morgan fingerprint density at radius 1 is 1.25 bits per heavy atom. The molecule has 1 aliphatic rings. The van der Waals surface area contributed by atoms with Gasteiger partial charge in [0.2, 0.25) is 0 Å². The topological polar surface area (TPSA) is 96.8 Å². The van der Waals surface area contributed by atoms with Gasteiger partial charge in [-0.1, -0.05) is 6.08 Å². The van der Waals surface area contributed by atoms with Crippen LogP contribution in [-0.2, 0) is 14.0 Å².